The predicted molar refractivity (Wildman–Crippen MR) is 88.9 cm³/mol. The second-order valence-electron chi connectivity index (χ2n) is 6.60. The monoisotopic (exact) mass is 306 g/mol. The van der Waals surface area contributed by atoms with Gasteiger partial charge in [-0.2, -0.15) is 0 Å². The molecule has 2 heterocycles. The first-order valence-electron chi connectivity index (χ1n) is 7.46. The van der Waals surface area contributed by atoms with Crippen molar-refractivity contribution < 1.29 is 0 Å². The van der Waals surface area contributed by atoms with E-state index in [-0.39, 0.29) is 5.41 Å². The molecule has 1 unspecified atom stereocenters. The number of nitrogens with zero attached hydrogens (tertiary/aromatic N) is 3. The average Bonchev–Trinajstić information content (AvgIpc) is 2.95. The molecule has 1 atom stereocenters. The van der Waals surface area contributed by atoms with Crippen LogP contribution in [0.15, 0.2) is 12.4 Å². The van der Waals surface area contributed by atoms with Crippen molar-refractivity contribution in [1.29, 1.82) is 0 Å². The van der Waals surface area contributed by atoms with Gasteiger partial charge in [-0.25, -0.2) is 9.97 Å². The molecule has 2 aromatic rings. The summed E-state index contributed by atoms with van der Waals surface area (Å²) in [6.45, 7) is 11.9. The van der Waals surface area contributed by atoms with Crippen molar-refractivity contribution in [2.75, 3.05) is 6.54 Å². The van der Waals surface area contributed by atoms with Crippen molar-refractivity contribution in [1.82, 2.24) is 19.9 Å². The Kier molecular flexibility index (Phi) is 4.84. The van der Waals surface area contributed by atoms with Gasteiger partial charge >= 0.3 is 0 Å². The Hall–Kier alpha value is -1.20. The molecule has 0 saturated heterocycles. The molecule has 0 radical (unpaired) electrons. The fraction of sp³-hybridized carbons (Fsp3) is 0.625. The van der Waals surface area contributed by atoms with Gasteiger partial charge in [0.25, 0.3) is 0 Å². The van der Waals surface area contributed by atoms with E-state index in [1.54, 1.807) is 0 Å². The number of nitrogens with one attached hydrogen (secondary N) is 1. The molecule has 116 valence electrons. The minimum atomic E-state index is 0.125. The van der Waals surface area contributed by atoms with Crippen LogP contribution in [-0.4, -0.2) is 21.1 Å². The molecule has 2 aromatic heterocycles. The third-order valence-electron chi connectivity index (χ3n) is 3.59. The molecular formula is C16H26N4S. The van der Waals surface area contributed by atoms with E-state index in [1.807, 2.05) is 30.8 Å². The standard InChI is InChI=1S/C16H26N4S/c1-11(17-8-7-13-18-9-10-20(13)6)14-12(2)19-15(21-14)16(3,4)5/h9-11,17H,7-8H2,1-6H3. The van der Waals surface area contributed by atoms with Gasteiger partial charge in [0.15, 0.2) is 0 Å². The second-order valence-corrected chi connectivity index (χ2v) is 7.63. The van der Waals surface area contributed by atoms with Crippen LogP contribution in [0.25, 0.3) is 0 Å². The Morgan fingerprint density at radius 3 is 2.62 bits per heavy atom. The van der Waals surface area contributed by atoms with E-state index in [0.29, 0.717) is 6.04 Å². The van der Waals surface area contributed by atoms with Crippen LogP contribution in [-0.2, 0) is 18.9 Å². The van der Waals surface area contributed by atoms with E-state index in [0.717, 1.165) is 24.5 Å². The first kappa shape index (κ1) is 16.2. The summed E-state index contributed by atoms with van der Waals surface area (Å²) in [5.41, 5.74) is 1.28. The SMILES string of the molecule is Cc1nc(C(C)(C)C)sc1C(C)NCCc1nccn1C. The highest BCUT2D eigenvalue weighted by molar-refractivity contribution is 7.12. The molecule has 0 aliphatic carbocycles. The van der Waals surface area contributed by atoms with Gasteiger partial charge in [0, 0.05) is 48.7 Å². The van der Waals surface area contributed by atoms with Crippen LogP contribution in [0.3, 0.4) is 0 Å². The lowest BCUT2D eigenvalue weighted by Gasteiger charge is -2.14. The zero-order chi connectivity index (χ0) is 15.6. The van der Waals surface area contributed by atoms with Crippen LogP contribution in [0.1, 0.15) is 55.1 Å². The zero-order valence-corrected chi connectivity index (χ0v) is 14.7. The van der Waals surface area contributed by atoms with Gasteiger partial charge in [-0.05, 0) is 13.8 Å². The van der Waals surface area contributed by atoms with Crippen LogP contribution in [0.5, 0.6) is 0 Å². The third kappa shape index (κ3) is 3.92. The molecule has 0 fully saturated rings. The van der Waals surface area contributed by atoms with Gasteiger partial charge in [0.2, 0.25) is 0 Å². The van der Waals surface area contributed by atoms with Crippen LogP contribution in [0.2, 0.25) is 0 Å². The Labute approximate surface area is 131 Å². The van der Waals surface area contributed by atoms with Crippen LogP contribution in [0.4, 0.5) is 0 Å². The van der Waals surface area contributed by atoms with Gasteiger partial charge < -0.3 is 9.88 Å². The van der Waals surface area contributed by atoms with Crippen LogP contribution in [0, 0.1) is 6.92 Å². The van der Waals surface area contributed by atoms with Crippen molar-refractivity contribution in [2.45, 2.75) is 52.5 Å². The highest BCUT2D eigenvalue weighted by atomic mass is 32.1. The largest absolute Gasteiger partial charge is 0.338 e. The van der Waals surface area contributed by atoms with Gasteiger partial charge in [0.05, 0.1) is 10.7 Å². The third-order valence-corrected chi connectivity index (χ3v) is 5.35. The maximum atomic E-state index is 4.74. The Balaban J connectivity index is 1.96. The number of aromatic nitrogens is 3. The van der Waals surface area contributed by atoms with E-state index in [4.69, 9.17) is 4.98 Å². The summed E-state index contributed by atoms with van der Waals surface area (Å²) in [5.74, 6) is 1.12. The van der Waals surface area contributed by atoms with Crippen LogP contribution < -0.4 is 5.32 Å². The molecule has 0 aliphatic rings. The fourth-order valence-corrected chi connectivity index (χ4v) is 3.41. The molecule has 0 spiro atoms. The minimum absolute atomic E-state index is 0.125. The topological polar surface area (TPSA) is 42.7 Å². The molecule has 0 saturated carbocycles. The maximum Gasteiger partial charge on any atom is 0.109 e. The molecule has 1 N–H and O–H groups in total. The first-order chi connectivity index (χ1) is 9.79. The summed E-state index contributed by atoms with van der Waals surface area (Å²) in [6.07, 6.45) is 4.78. The van der Waals surface area contributed by atoms with E-state index in [2.05, 4.69) is 49.5 Å². The molecule has 4 nitrogen and oxygen atoms in total. The molecule has 0 aromatic carbocycles. The highest BCUT2D eigenvalue weighted by Crippen LogP contribution is 2.32. The summed E-state index contributed by atoms with van der Waals surface area (Å²) in [4.78, 5) is 10.4. The fourth-order valence-electron chi connectivity index (χ4n) is 2.26. The molecule has 0 amide bonds. The van der Waals surface area contributed by atoms with Crippen LogP contribution >= 0.6 is 11.3 Å². The lowest BCUT2D eigenvalue weighted by molar-refractivity contribution is 0.568. The van der Waals surface area contributed by atoms with Crippen molar-refractivity contribution in [3.63, 3.8) is 0 Å². The number of imidazole rings is 1. The Morgan fingerprint density at radius 2 is 2.10 bits per heavy atom. The Morgan fingerprint density at radius 1 is 1.38 bits per heavy atom. The predicted octanol–water partition coefficient (Wildman–Crippen LogP) is 3.38. The summed E-state index contributed by atoms with van der Waals surface area (Å²) in [6, 6.07) is 0.332. The average molecular weight is 306 g/mol. The van der Waals surface area contributed by atoms with Crippen molar-refractivity contribution in [3.8, 4) is 0 Å². The lowest BCUT2D eigenvalue weighted by Crippen LogP contribution is -2.22. The van der Waals surface area contributed by atoms with Gasteiger partial charge in [-0.15, -0.1) is 11.3 Å². The number of hydrogen-bond donors (Lipinski definition) is 1. The summed E-state index contributed by atoms with van der Waals surface area (Å²) < 4.78 is 2.07. The smallest absolute Gasteiger partial charge is 0.109 e. The van der Waals surface area contributed by atoms with Crippen molar-refractivity contribution in [3.05, 3.63) is 33.8 Å². The maximum absolute atomic E-state index is 4.74. The van der Waals surface area contributed by atoms with E-state index >= 15 is 0 Å². The number of aryl methyl sites for hydroxylation is 2. The zero-order valence-electron chi connectivity index (χ0n) is 13.9. The second kappa shape index (κ2) is 6.28. The molecule has 21 heavy (non-hydrogen) atoms. The van der Waals surface area contributed by atoms with Gasteiger partial charge in [-0.3, -0.25) is 0 Å². The van der Waals surface area contributed by atoms with Gasteiger partial charge in [-0.1, -0.05) is 20.8 Å². The van der Waals surface area contributed by atoms with Crippen molar-refractivity contribution >= 4 is 11.3 Å². The van der Waals surface area contributed by atoms with Crippen molar-refractivity contribution in [2.24, 2.45) is 7.05 Å². The molecule has 0 aliphatic heterocycles. The summed E-state index contributed by atoms with van der Waals surface area (Å²) >= 11 is 1.83. The number of thiazole rings is 1. The van der Waals surface area contributed by atoms with Gasteiger partial charge in [0.1, 0.15) is 5.82 Å². The molecule has 5 heteroatoms. The normalized spacial score (nSPS) is 13.6. The molecule has 2 rings (SSSR count). The Bertz CT molecular complexity index is 592. The molecular weight excluding hydrogens is 280 g/mol. The van der Waals surface area contributed by atoms with E-state index in [1.165, 1.54) is 9.88 Å². The van der Waals surface area contributed by atoms with E-state index in [9.17, 15) is 0 Å². The number of hydrogen-bond acceptors (Lipinski definition) is 4. The number of rotatable bonds is 5. The highest BCUT2D eigenvalue weighted by Gasteiger charge is 2.22. The quantitative estimate of drug-likeness (QED) is 0.921. The summed E-state index contributed by atoms with van der Waals surface area (Å²) in [5, 5.41) is 4.80. The summed E-state index contributed by atoms with van der Waals surface area (Å²) in [7, 11) is 2.04. The minimum Gasteiger partial charge on any atom is -0.338 e. The first-order valence-corrected chi connectivity index (χ1v) is 8.28. The lowest BCUT2D eigenvalue weighted by atomic mass is 9.98. The molecule has 0 bridgehead atoms. The van der Waals surface area contributed by atoms with E-state index < -0.39 is 0 Å².